The summed E-state index contributed by atoms with van der Waals surface area (Å²) >= 11 is 6.44. The molecule has 0 radical (unpaired) electrons. The molecule has 0 unspecified atom stereocenters. The second kappa shape index (κ2) is 6.84. The lowest BCUT2D eigenvalue weighted by atomic mass is 10.2. The van der Waals surface area contributed by atoms with Gasteiger partial charge in [0.1, 0.15) is 0 Å². The molecule has 4 nitrogen and oxygen atoms in total. The van der Waals surface area contributed by atoms with Gasteiger partial charge in [-0.1, -0.05) is 6.07 Å². The molecule has 2 rings (SSSR count). The van der Waals surface area contributed by atoms with E-state index in [2.05, 4.69) is 20.8 Å². The summed E-state index contributed by atoms with van der Waals surface area (Å²) in [5.74, 6) is 0. The van der Waals surface area contributed by atoms with E-state index in [4.69, 9.17) is 12.2 Å². The molecule has 22 heavy (non-hydrogen) atoms. The van der Waals surface area contributed by atoms with Crippen LogP contribution in [0.25, 0.3) is 0 Å². The maximum atomic E-state index is 12.6. The van der Waals surface area contributed by atoms with Crippen LogP contribution >= 0.6 is 23.6 Å². The third kappa shape index (κ3) is 4.78. The maximum absolute atomic E-state index is 12.6. The molecule has 1 aromatic carbocycles. The number of hydrogen-bond acceptors (Lipinski definition) is 4. The van der Waals surface area contributed by atoms with Crippen LogP contribution in [0.3, 0.4) is 0 Å². The Balaban J connectivity index is 1.93. The number of rotatable bonds is 3. The fourth-order valence-electron chi connectivity index (χ4n) is 1.53. The molecular weight excluding hydrogens is 333 g/mol. The van der Waals surface area contributed by atoms with E-state index in [1.807, 2.05) is 12.3 Å². The van der Waals surface area contributed by atoms with Crippen LogP contribution in [0.2, 0.25) is 0 Å². The number of hydrogen-bond donors (Lipinski definition) is 2. The fraction of sp³-hybridized carbons (Fsp3) is 0.154. The summed E-state index contributed by atoms with van der Waals surface area (Å²) in [6.07, 6.45) is -2.92. The van der Waals surface area contributed by atoms with Crippen molar-refractivity contribution in [2.75, 3.05) is 5.32 Å². The van der Waals surface area contributed by atoms with Gasteiger partial charge in [-0.25, -0.2) is 4.98 Å². The number of anilines is 1. The number of nitrogens with zero attached hydrogens (tertiary/aromatic N) is 2. The number of hydrazone groups is 1. The molecule has 0 aliphatic heterocycles. The minimum absolute atomic E-state index is 0.0857. The monoisotopic (exact) mass is 344 g/mol. The van der Waals surface area contributed by atoms with Crippen LogP contribution in [-0.2, 0) is 6.18 Å². The Hall–Kier alpha value is -2.00. The largest absolute Gasteiger partial charge is 0.416 e. The first-order valence-corrected chi connectivity index (χ1v) is 7.33. The minimum atomic E-state index is -4.40. The van der Waals surface area contributed by atoms with Gasteiger partial charge >= 0.3 is 6.18 Å². The van der Waals surface area contributed by atoms with E-state index < -0.39 is 11.7 Å². The molecule has 116 valence electrons. The Kier molecular flexibility index (Phi) is 5.09. The van der Waals surface area contributed by atoms with Crippen LogP contribution < -0.4 is 10.7 Å². The van der Waals surface area contributed by atoms with Crippen molar-refractivity contribution in [3.05, 3.63) is 45.9 Å². The first-order chi connectivity index (χ1) is 10.3. The topological polar surface area (TPSA) is 49.3 Å². The van der Waals surface area contributed by atoms with Gasteiger partial charge in [-0.2, -0.15) is 18.3 Å². The number of nitrogens with one attached hydrogen (secondary N) is 2. The van der Waals surface area contributed by atoms with Crippen molar-refractivity contribution >= 4 is 40.6 Å². The molecule has 1 heterocycles. The van der Waals surface area contributed by atoms with Crippen molar-refractivity contribution in [1.82, 2.24) is 10.4 Å². The van der Waals surface area contributed by atoms with Crippen LogP contribution in [-0.4, -0.2) is 16.3 Å². The maximum Gasteiger partial charge on any atom is 0.416 e. The normalized spacial score (nSPS) is 11.6. The average molecular weight is 344 g/mol. The summed E-state index contributed by atoms with van der Waals surface area (Å²) in [6.45, 7) is 1.87. The highest BCUT2D eigenvalue weighted by atomic mass is 32.1. The van der Waals surface area contributed by atoms with E-state index in [1.165, 1.54) is 29.7 Å². The Morgan fingerprint density at radius 1 is 1.41 bits per heavy atom. The number of thiazole rings is 1. The van der Waals surface area contributed by atoms with Crippen LogP contribution in [0, 0.1) is 6.92 Å². The molecular formula is C13H11F3N4S2. The zero-order valence-corrected chi connectivity index (χ0v) is 12.9. The molecule has 0 saturated carbocycles. The van der Waals surface area contributed by atoms with Crippen molar-refractivity contribution in [2.45, 2.75) is 13.1 Å². The van der Waals surface area contributed by atoms with E-state index in [0.717, 1.165) is 17.1 Å². The molecule has 0 aliphatic rings. The lowest BCUT2D eigenvalue weighted by Crippen LogP contribution is -2.24. The summed E-state index contributed by atoms with van der Waals surface area (Å²) in [5, 5.41) is 9.32. The highest BCUT2D eigenvalue weighted by molar-refractivity contribution is 7.80. The van der Waals surface area contributed by atoms with Crippen molar-refractivity contribution in [2.24, 2.45) is 5.10 Å². The Morgan fingerprint density at radius 2 is 2.18 bits per heavy atom. The van der Waals surface area contributed by atoms with Crippen LogP contribution in [0.1, 0.15) is 16.3 Å². The zero-order valence-electron chi connectivity index (χ0n) is 11.3. The fourth-order valence-corrected chi connectivity index (χ4v) is 2.26. The highest BCUT2D eigenvalue weighted by Crippen LogP contribution is 2.30. The Labute approximate surface area is 134 Å². The third-order valence-electron chi connectivity index (χ3n) is 2.45. The van der Waals surface area contributed by atoms with Gasteiger partial charge in [-0.3, -0.25) is 5.43 Å². The van der Waals surface area contributed by atoms with Gasteiger partial charge in [0, 0.05) is 11.1 Å². The van der Waals surface area contributed by atoms with E-state index in [0.29, 0.717) is 5.69 Å². The van der Waals surface area contributed by atoms with Gasteiger partial charge in [0.15, 0.2) is 5.11 Å². The highest BCUT2D eigenvalue weighted by Gasteiger charge is 2.30. The molecule has 1 aromatic heterocycles. The molecule has 0 saturated heterocycles. The van der Waals surface area contributed by atoms with Gasteiger partial charge in [0.25, 0.3) is 0 Å². The van der Waals surface area contributed by atoms with E-state index in [-0.39, 0.29) is 10.8 Å². The summed E-state index contributed by atoms with van der Waals surface area (Å²) in [7, 11) is 0. The van der Waals surface area contributed by atoms with Gasteiger partial charge < -0.3 is 5.32 Å². The number of aromatic nitrogens is 1. The van der Waals surface area contributed by atoms with Crippen molar-refractivity contribution in [3.8, 4) is 0 Å². The van der Waals surface area contributed by atoms with Gasteiger partial charge in [-0.05, 0) is 37.3 Å². The second-order valence-corrected chi connectivity index (χ2v) is 5.66. The molecule has 0 spiro atoms. The molecule has 2 aromatic rings. The number of benzene rings is 1. The van der Waals surface area contributed by atoms with E-state index >= 15 is 0 Å². The third-order valence-corrected chi connectivity index (χ3v) is 3.43. The summed E-state index contributed by atoms with van der Waals surface area (Å²) in [4.78, 5) is 4.17. The molecule has 0 bridgehead atoms. The molecule has 2 N–H and O–H groups in total. The van der Waals surface area contributed by atoms with E-state index in [9.17, 15) is 13.2 Å². The minimum Gasteiger partial charge on any atom is -0.331 e. The smallest absolute Gasteiger partial charge is 0.331 e. The van der Waals surface area contributed by atoms with Gasteiger partial charge in [0.2, 0.25) is 0 Å². The quantitative estimate of drug-likeness (QED) is 0.505. The summed E-state index contributed by atoms with van der Waals surface area (Å²) in [6, 6.07) is 4.75. The number of aryl methyl sites for hydroxylation is 1. The van der Waals surface area contributed by atoms with Gasteiger partial charge in [-0.15, -0.1) is 11.3 Å². The van der Waals surface area contributed by atoms with Crippen LogP contribution in [0.4, 0.5) is 18.9 Å². The van der Waals surface area contributed by atoms with Crippen molar-refractivity contribution in [3.63, 3.8) is 0 Å². The van der Waals surface area contributed by atoms with Crippen molar-refractivity contribution in [1.29, 1.82) is 0 Å². The predicted octanol–water partition coefficient (Wildman–Crippen LogP) is 3.79. The number of thiocarbonyl (C=S) groups is 1. The Morgan fingerprint density at radius 3 is 2.82 bits per heavy atom. The van der Waals surface area contributed by atoms with Crippen molar-refractivity contribution < 1.29 is 13.2 Å². The summed E-state index contributed by atoms with van der Waals surface area (Å²) < 4.78 is 37.8. The molecule has 0 aliphatic carbocycles. The van der Waals surface area contributed by atoms with Crippen LogP contribution in [0.5, 0.6) is 0 Å². The first-order valence-electron chi connectivity index (χ1n) is 6.04. The standard InChI is InChI=1S/C13H11F3N4S2/c1-8-18-11(7-22-8)6-17-20-12(21)19-10-4-2-3-9(5-10)13(14,15)16/h2-7H,1H3,(H2,19,20,21)/b17-6+. The lowest BCUT2D eigenvalue weighted by Gasteiger charge is -2.10. The van der Waals surface area contributed by atoms with E-state index in [1.54, 1.807) is 0 Å². The molecule has 9 heteroatoms. The second-order valence-electron chi connectivity index (χ2n) is 4.19. The van der Waals surface area contributed by atoms with Gasteiger partial charge in [0.05, 0.1) is 22.5 Å². The first kappa shape index (κ1) is 16.4. The average Bonchev–Trinajstić information content (AvgIpc) is 2.84. The Bertz CT molecular complexity index is 695. The van der Waals surface area contributed by atoms with Crippen LogP contribution in [0.15, 0.2) is 34.7 Å². The number of alkyl halides is 3. The number of halogens is 3. The predicted molar refractivity (Wildman–Crippen MR) is 85.2 cm³/mol. The molecule has 0 atom stereocenters. The molecule has 0 fully saturated rings. The zero-order chi connectivity index (χ0) is 16.2. The summed E-state index contributed by atoms with van der Waals surface area (Å²) in [5.41, 5.74) is 2.68. The SMILES string of the molecule is Cc1nc(/C=N/NC(=S)Nc2cccc(C(F)(F)F)c2)cs1. The lowest BCUT2D eigenvalue weighted by molar-refractivity contribution is -0.137. The molecule has 0 amide bonds.